The molecule has 0 radical (unpaired) electrons. The normalized spacial score (nSPS) is 14.5. The van der Waals surface area contributed by atoms with E-state index in [1.54, 1.807) is 31.1 Å². The minimum atomic E-state index is -3.79. The van der Waals surface area contributed by atoms with Crippen LogP contribution in [0.5, 0.6) is 11.5 Å². The van der Waals surface area contributed by atoms with E-state index in [-0.39, 0.29) is 17.3 Å². The molecule has 1 aliphatic rings. The highest BCUT2D eigenvalue weighted by molar-refractivity contribution is 7.89. The molecule has 2 aromatic carbocycles. The first-order chi connectivity index (χ1) is 15.3. The summed E-state index contributed by atoms with van der Waals surface area (Å²) in [6, 6.07) is 12.5. The Morgan fingerprint density at radius 2 is 1.75 bits per heavy atom. The fraction of sp³-hybridized carbons (Fsp3) is 0.435. The van der Waals surface area contributed by atoms with Crippen LogP contribution in [0.4, 0.5) is 5.69 Å². The molecule has 1 fully saturated rings. The summed E-state index contributed by atoms with van der Waals surface area (Å²) in [6.07, 6.45) is 0. The second-order valence-electron chi connectivity index (χ2n) is 7.66. The lowest BCUT2D eigenvalue weighted by Crippen LogP contribution is -2.51. The smallest absolute Gasteiger partial charge is 0.243 e. The minimum Gasteiger partial charge on any atom is -0.495 e. The predicted molar refractivity (Wildman–Crippen MR) is 124 cm³/mol. The Bertz CT molecular complexity index is 1050. The van der Waals surface area contributed by atoms with Crippen LogP contribution >= 0.6 is 0 Å². The molecule has 174 valence electrons. The van der Waals surface area contributed by atoms with E-state index in [1.807, 2.05) is 31.2 Å². The number of aryl methyl sites for hydroxylation is 1. The molecule has 1 saturated heterocycles. The van der Waals surface area contributed by atoms with Gasteiger partial charge in [0, 0.05) is 33.2 Å². The quantitative estimate of drug-likeness (QED) is 0.601. The van der Waals surface area contributed by atoms with E-state index in [0.29, 0.717) is 38.5 Å². The van der Waals surface area contributed by atoms with Gasteiger partial charge in [-0.1, -0.05) is 12.1 Å². The standard InChI is InChI=1S/C23H31N3O5S/c1-5-31-21-11-10-19(16-18(21)2)32(28,29)24(3)17-23(27)26-14-12-25(13-15-26)20-8-6-7-9-22(20)30-4/h6-11,16H,5,12-15,17H2,1-4H3. The second kappa shape index (κ2) is 10.2. The number of benzene rings is 2. The lowest BCUT2D eigenvalue weighted by Gasteiger charge is -2.37. The fourth-order valence-corrected chi connectivity index (χ4v) is 4.95. The molecule has 32 heavy (non-hydrogen) atoms. The Morgan fingerprint density at radius 1 is 1.06 bits per heavy atom. The zero-order chi connectivity index (χ0) is 23.3. The first-order valence-electron chi connectivity index (χ1n) is 10.6. The van der Waals surface area contributed by atoms with E-state index < -0.39 is 10.0 Å². The van der Waals surface area contributed by atoms with Gasteiger partial charge in [-0.25, -0.2) is 8.42 Å². The number of carbonyl (C=O) groups excluding carboxylic acids is 1. The maximum absolute atomic E-state index is 13.0. The second-order valence-corrected chi connectivity index (χ2v) is 9.71. The SMILES string of the molecule is CCOc1ccc(S(=O)(=O)N(C)CC(=O)N2CCN(c3ccccc3OC)CC2)cc1C. The van der Waals surface area contributed by atoms with Crippen molar-refractivity contribution >= 4 is 21.6 Å². The van der Waals surface area contributed by atoms with Crippen LogP contribution in [0.1, 0.15) is 12.5 Å². The van der Waals surface area contributed by atoms with Crippen molar-refractivity contribution in [2.75, 3.05) is 58.4 Å². The Balaban J connectivity index is 1.61. The summed E-state index contributed by atoms with van der Waals surface area (Å²) < 4.78 is 38.0. The molecule has 0 N–H and O–H groups in total. The highest BCUT2D eigenvalue weighted by Gasteiger charge is 2.28. The van der Waals surface area contributed by atoms with Crippen LogP contribution in [-0.2, 0) is 14.8 Å². The third kappa shape index (κ3) is 5.16. The molecule has 2 aromatic rings. The molecule has 0 unspecified atom stereocenters. The van der Waals surface area contributed by atoms with Crippen molar-refractivity contribution in [1.29, 1.82) is 0 Å². The van der Waals surface area contributed by atoms with E-state index >= 15 is 0 Å². The summed E-state index contributed by atoms with van der Waals surface area (Å²) in [7, 11) is -0.712. The maximum atomic E-state index is 13.0. The summed E-state index contributed by atoms with van der Waals surface area (Å²) >= 11 is 0. The Labute approximate surface area is 190 Å². The molecule has 0 spiro atoms. The number of nitrogens with zero attached hydrogens (tertiary/aromatic N) is 3. The van der Waals surface area contributed by atoms with Crippen LogP contribution in [0, 0.1) is 6.92 Å². The topological polar surface area (TPSA) is 79.4 Å². The van der Waals surface area contributed by atoms with E-state index in [0.717, 1.165) is 21.3 Å². The summed E-state index contributed by atoms with van der Waals surface area (Å²) in [5, 5.41) is 0. The number of amides is 1. The average Bonchev–Trinajstić information content (AvgIpc) is 2.80. The number of methoxy groups -OCH3 is 1. The van der Waals surface area contributed by atoms with E-state index in [4.69, 9.17) is 9.47 Å². The molecule has 0 bridgehead atoms. The monoisotopic (exact) mass is 461 g/mol. The number of para-hydroxylation sites is 2. The molecule has 0 aromatic heterocycles. The van der Waals surface area contributed by atoms with Crippen LogP contribution in [0.2, 0.25) is 0 Å². The summed E-state index contributed by atoms with van der Waals surface area (Å²) in [5.41, 5.74) is 1.73. The molecule has 1 heterocycles. The summed E-state index contributed by atoms with van der Waals surface area (Å²) in [6.45, 7) is 6.33. The van der Waals surface area contributed by atoms with Gasteiger partial charge >= 0.3 is 0 Å². The molecule has 0 atom stereocenters. The first kappa shape index (κ1) is 23.9. The number of sulfonamides is 1. The number of piperazine rings is 1. The molecular weight excluding hydrogens is 430 g/mol. The largest absolute Gasteiger partial charge is 0.495 e. The van der Waals surface area contributed by atoms with Gasteiger partial charge in [-0.05, 0) is 49.7 Å². The number of hydrogen-bond donors (Lipinski definition) is 0. The van der Waals surface area contributed by atoms with Crippen molar-refractivity contribution in [2.24, 2.45) is 0 Å². The van der Waals surface area contributed by atoms with Gasteiger partial charge < -0.3 is 19.3 Å². The average molecular weight is 462 g/mol. The van der Waals surface area contributed by atoms with Gasteiger partial charge in [-0.15, -0.1) is 0 Å². The molecule has 9 heteroatoms. The van der Waals surface area contributed by atoms with Crippen LogP contribution < -0.4 is 14.4 Å². The third-order valence-electron chi connectivity index (χ3n) is 5.57. The highest BCUT2D eigenvalue weighted by atomic mass is 32.2. The van der Waals surface area contributed by atoms with Gasteiger partial charge in [0.2, 0.25) is 15.9 Å². The molecule has 8 nitrogen and oxygen atoms in total. The van der Waals surface area contributed by atoms with Crippen molar-refractivity contribution in [1.82, 2.24) is 9.21 Å². The Kier molecular flexibility index (Phi) is 7.63. The van der Waals surface area contributed by atoms with Gasteiger partial charge in [0.05, 0.1) is 30.8 Å². The molecule has 1 aliphatic heterocycles. The summed E-state index contributed by atoms with van der Waals surface area (Å²) in [4.78, 5) is 16.8. The number of rotatable bonds is 8. The van der Waals surface area contributed by atoms with Crippen LogP contribution in [-0.4, -0.2) is 77.0 Å². The lowest BCUT2D eigenvalue weighted by molar-refractivity contribution is -0.131. The summed E-state index contributed by atoms with van der Waals surface area (Å²) in [5.74, 6) is 1.24. The highest BCUT2D eigenvalue weighted by Crippen LogP contribution is 2.28. The Morgan fingerprint density at radius 3 is 2.38 bits per heavy atom. The number of hydrogen-bond acceptors (Lipinski definition) is 6. The third-order valence-corrected chi connectivity index (χ3v) is 7.37. The maximum Gasteiger partial charge on any atom is 0.243 e. The van der Waals surface area contributed by atoms with Crippen molar-refractivity contribution in [2.45, 2.75) is 18.7 Å². The van der Waals surface area contributed by atoms with Gasteiger partial charge in [-0.2, -0.15) is 4.31 Å². The first-order valence-corrected chi connectivity index (χ1v) is 12.1. The fourth-order valence-electron chi connectivity index (χ4n) is 3.74. The lowest BCUT2D eigenvalue weighted by atomic mass is 10.2. The zero-order valence-corrected chi connectivity index (χ0v) is 19.9. The van der Waals surface area contributed by atoms with E-state index in [2.05, 4.69) is 4.90 Å². The van der Waals surface area contributed by atoms with Gasteiger partial charge in [0.1, 0.15) is 11.5 Å². The molecule has 1 amide bonds. The zero-order valence-electron chi connectivity index (χ0n) is 19.1. The van der Waals surface area contributed by atoms with E-state index in [1.165, 1.54) is 13.1 Å². The van der Waals surface area contributed by atoms with E-state index in [9.17, 15) is 13.2 Å². The Hall–Kier alpha value is -2.78. The minimum absolute atomic E-state index is 0.148. The molecule has 0 saturated carbocycles. The van der Waals surface area contributed by atoms with Crippen LogP contribution in [0.3, 0.4) is 0 Å². The van der Waals surface area contributed by atoms with Crippen LogP contribution in [0.25, 0.3) is 0 Å². The van der Waals surface area contributed by atoms with Crippen LogP contribution in [0.15, 0.2) is 47.4 Å². The van der Waals surface area contributed by atoms with Gasteiger partial charge in [-0.3, -0.25) is 4.79 Å². The van der Waals surface area contributed by atoms with Crippen molar-refractivity contribution in [3.05, 3.63) is 48.0 Å². The molecule has 3 rings (SSSR count). The number of carbonyl (C=O) groups is 1. The van der Waals surface area contributed by atoms with Crippen molar-refractivity contribution < 1.29 is 22.7 Å². The number of ether oxygens (including phenoxy) is 2. The van der Waals surface area contributed by atoms with Crippen molar-refractivity contribution in [3.8, 4) is 11.5 Å². The van der Waals surface area contributed by atoms with Crippen molar-refractivity contribution in [3.63, 3.8) is 0 Å². The number of likely N-dealkylation sites (N-methyl/N-ethyl adjacent to an activating group) is 1. The molecular formula is C23H31N3O5S. The number of anilines is 1. The molecule has 0 aliphatic carbocycles. The van der Waals surface area contributed by atoms with Gasteiger partial charge in [0.25, 0.3) is 0 Å². The predicted octanol–water partition coefficient (Wildman–Crippen LogP) is 2.37. The van der Waals surface area contributed by atoms with Gasteiger partial charge in [0.15, 0.2) is 0 Å².